The van der Waals surface area contributed by atoms with Crippen LogP contribution in [0.5, 0.6) is 5.75 Å². The lowest BCUT2D eigenvalue weighted by atomic mass is 9.83. The molecule has 31 heavy (non-hydrogen) atoms. The lowest BCUT2D eigenvalue weighted by Gasteiger charge is -2.40. The summed E-state index contributed by atoms with van der Waals surface area (Å²) in [7, 11) is 0. The number of carbonyl (C=O) groups is 1. The molecule has 2 aromatic rings. The summed E-state index contributed by atoms with van der Waals surface area (Å²) in [5.74, 6) is 0.739. The zero-order valence-electron chi connectivity index (χ0n) is 17.9. The second-order valence-corrected chi connectivity index (χ2v) is 8.91. The summed E-state index contributed by atoms with van der Waals surface area (Å²) in [4.78, 5) is 14.8. The SMILES string of the molecule is CCN(CC)C(=O)c1ccc(C2=CC3(CCNCC3)Oc3ccc(S(=O)O)cc32)cc1. The minimum Gasteiger partial charge on any atom is -0.482 e. The van der Waals surface area contributed by atoms with E-state index in [9.17, 15) is 13.6 Å². The van der Waals surface area contributed by atoms with E-state index in [1.165, 1.54) is 0 Å². The van der Waals surface area contributed by atoms with Crippen LogP contribution < -0.4 is 10.1 Å². The fourth-order valence-electron chi connectivity index (χ4n) is 4.33. The second-order valence-electron chi connectivity index (χ2n) is 7.94. The molecule has 1 fully saturated rings. The van der Waals surface area contributed by atoms with E-state index in [0.717, 1.165) is 48.4 Å². The predicted molar refractivity (Wildman–Crippen MR) is 122 cm³/mol. The van der Waals surface area contributed by atoms with Crippen LogP contribution in [0.25, 0.3) is 5.57 Å². The molecule has 1 amide bonds. The van der Waals surface area contributed by atoms with E-state index in [1.807, 2.05) is 38.1 Å². The van der Waals surface area contributed by atoms with Crippen LogP contribution in [0, 0.1) is 0 Å². The molecule has 2 aliphatic rings. The van der Waals surface area contributed by atoms with Gasteiger partial charge in [-0.25, -0.2) is 4.21 Å². The van der Waals surface area contributed by atoms with Gasteiger partial charge >= 0.3 is 0 Å². The molecular formula is C24H28N2O4S. The summed E-state index contributed by atoms with van der Waals surface area (Å²) >= 11 is -2.07. The van der Waals surface area contributed by atoms with E-state index < -0.39 is 16.7 Å². The molecule has 7 heteroatoms. The normalized spacial score (nSPS) is 18.0. The maximum absolute atomic E-state index is 12.7. The number of fused-ring (bicyclic) bond motifs is 1. The van der Waals surface area contributed by atoms with E-state index in [4.69, 9.17) is 4.74 Å². The van der Waals surface area contributed by atoms with E-state index in [-0.39, 0.29) is 5.91 Å². The van der Waals surface area contributed by atoms with Crippen molar-refractivity contribution in [2.24, 2.45) is 0 Å². The first kappa shape index (κ1) is 21.7. The monoisotopic (exact) mass is 440 g/mol. The number of carbonyl (C=O) groups excluding carboxylic acids is 1. The number of nitrogens with one attached hydrogen (secondary N) is 1. The summed E-state index contributed by atoms with van der Waals surface area (Å²) in [5, 5.41) is 3.38. The van der Waals surface area contributed by atoms with Gasteiger partial charge in [0.25, 0.3) is 5.91 Å². The Balaban J connectivity index is 1.76. The highest BCUT2D eigenvalue weighted by molar-refractivity contribution is 7.79. The van der Waals surface area contributed by atoms with Gasteiger partial charge in [-0.3, -0.25) is 4.79 Å². The van der Waals surface area contributed by atoms with E-state index >= 15 is 0 Å². The molecule has 1 atom stereocenters. The van der Waals surface area contributed by atoms with Crippen LogP contribution in [-0.4, -0.2) is 51.3 Å². The van der Waals surface area contributed by atoms with Crippen molar-refractivity contribution in [3.05, 3.63) is 65.2 Å². The van der Waals surface area contributed by atoms with Crippen molar-refractivity contribution in [3.63, 3.8) is 0 Å². The van der Waals surface area contributed by atoms with Crippen molar-refractivity contribution in [2.45, 2.75) is 37.2 Å². The second kappa shape index (κ2) is 8.94. The van der Waals surface area contributed by atoms with Gasteiger partial charge in [0, 0.05) is 37.1 Å². The van der Waals surface area contributed by atoms with Crippen molar-refractivity contribution in [1.82, 2.24) is 10.2 Å². The highest BCUT2D eigenvalue weighted by Gasteiger charge is 2.37. The summed E-state index contributed by atoms with van der Waals surface area (Å²) in [5.41, 5.74) is 2.98. The third kappa shape index (κ3) is 4.31. The van der Waals surface area contributed by atoms with Gasteiger partial charge in [-0.2, -0.15) is 0 Å². The van der Waals surface area contributed by atoms with Crippen molar-refractivity contribution < 1.29 is 18.3 Å². The van der Waals surface area contributed by atoms with Crippen LogP contribution >= 0.6 is 0 Å². The maximum Gasteiger partial charge on any atom is 0.253 e. The minimum atomic E-state index is -2.07. The first-order chi connectivity index (χ1) is 15.0. The maximum atomic E-state index is 12.7. The van der Waals surface area contributed by atoms with E-state index in [0.29, 0.717) is 23.5 Å². The molecule has 2 aliphatic heterocycles. The first-order valence-corrected chi connectivity index (χ1v) is 11.8. The van der Waals surface area contributed by atoms with Gasteiger partial charge in [-0.15, -0.1) is 0 Å². The fraction of sp³-hybridized carbons (Fsp3) is 0.375. The molecule has 2 N–H and O–H groups in total. The molecule has 2 aromatic carbocycles. The number of rotatable bonds is 5. The van der Waals surface area contributed by atoms with Gasteiger partial charge in [0.15, 0.2) is 11.1 Å². The Labute approximate surface area is 185 Å². The average molecular weight is 441 g/mol. The van der Waals surface area contributed by atoms with Crippen LogP contribution in [0.15, 0.2) is 53.4 Å². The molecule has 0 radical (unpaired) electrons. The van der Waals surface area contributed by atoms with Crippen molar-refractivity contribution in [2.75, 3.05) is 26.2 Å². The molecule has 6 nitrogen and oxygen atoms in total. The van der Waals surface area contributed by atoms with Crippen molar-refractivity contribution in [1.29, 1.82) is 0 Å². The lowest BCUT2D eigenvalue weighted by molar-refractivity contribution is 0.0772. The standard InChI is InChI=1S/C24H28N2O4S/c1-3-26(4-2)23(27)18-7-5-17(6-8-18)21-16-24(11-13-25-14-12-24)30-22-10-9-19(31(28)29)15-20(21)22/h5-10,15-16,25H,3-4,11-14H2,1-2H3,(H,28,29). The Kier molecular flexibility index (Phi) is 6.27. The van der Waals surface area contributed by atoms with Gasteiger partial charge < -0.3 is 19.5 Å². The van der Waals surface area contributed by atoms with Crippen molar-refractivity contribution in [3.8, 4) is 5.75 Å². The molecule has 4 rings (SSSR count). The number of benzene rings is 2. The molecule has 1 unspecified atom stereocenters. The zero-order valence-corrected chi connectivity index (χ0v) is 18.7. The summed E-state index contributed by atoms with van der Waals surface area (Å²) in [6, 6.07) is 12.8. The summed E-state index contributed by atoms with van der Waals surface area (Å²) in [6.07, 6.45) is 3.85. The van der Waals surface area contributed by atoms with Gasteiger partial charge in [0.1, 0.15) is 11.4 Å². The van der Waals surface area contributed by atoms with Gasteiger partial charge in [0.05, 0.1) is 4.90 Å². The molecule has 0 saturated carbocycles. The fourth-order valence-corrected chi connectivity index (χ4v) is 4.73. The Bertz CT molecular complexity index is 1020. The molecule has 0 aromatic heterocycles. The number of hydrogen-bond acceptors (Lipinski definition) is 4. The van der Waals surface area contributed by atoms with Crippen LogP contribution in [-0.2, 0) is 11.1 Å². The largest absolute Gasteiger partial charge is 0.482 e. The van der Waals surface area contributed by atoms with Crippen molar-refractivity contribution >= 4 is 22.6 Å². The molecule has 2 heterocycles. The third-order valence-electron chi connectivity index (χ3n) is 6.11. The van der Waals surface area contributed by atoms with Crippen LogP contribution in [0.4, 0.5) is 0 Å². The molecule has 1 spiro atoms. The topological polar surface area (TPSA) is 78.9 Å². The van der Waals surface area contributed by atoms with Crippen LogP contribution in [0.3, 0.4) is 0 Å². The Hall–Kier alpha value is -2.48. The van der Waals surface area contributed by atoms with Gasteiger partial charge in [0.2, 0.25) is 0 Å². The average Bonchev–Trinajstić information content (AvgIpc) is 2.79. The molecular weight excluding hydrogens is 412 g/mol. The number of piperidine rings is 1. The minimum absolute atomic E-state index is 0.0192. The predicted octanol–water partition coefficient (Wildman–Crippen LogP) is 3.70. The molecule has 1 saturated heterocycles. The number of ether oxygens (including phenoxy) is 1. The quantitative estimate of drug-likeness (QED) is 0.693. The van der Waals surface area contributed by atoms with Crippen LogP contribution in [0.1, 0.15) is 48.2 Å². The Morgan fingerprint density at radius 1 is 1.13 bits per heavy atom. The summed E-state index contributed by atoms with van der Waals surface area (Å²) < 4.78 is 27.7. The Morgan fingerprint density at radius 2 is 1.81 bits per heavy atom. The molecule has 164 valence electrons. The summed E-state index contributed by atoms with van der Waals surface area (Å²) in [6.45, 7) is 7.03. The zero-order chi connectivity index (χ0) is 22.0. The first-order valence-electron chi connectivity index (χ1n) is 10.7. The van der Waals surface area contributed by atoms with Crippen LogP contribution in [0.2, 0.25) is 0 Å². The van der Waals surface area contributed by atoms with Gasteiger partial charge in [-0.05, 0) is 74.5 Å². The lowest BCUT2D eigenvalue weighted by Crippen LogP contribution is -2.46. The van der Waals surface area contributed by atoms with E-state index in [1.54, 1.807) is 23.1 Å². The van der Waals surface area contributed by atoms with E-state index in [2.05, 4.69) is 11.4 Å². The number of hydrogen-bond donors (Lipinski definition) is 2. The molecule has 0 aliphatic carbocycles. The highest BCUT2D eigenvalue weighted by Crippen LogP contribution is 2.43. The Morgan fingerprint density at radius 3 is 2.42 bits per heavy atom. The highest BCUT2D eigenvalue weighted by atomic mass is 32.2. The van der Waals surface area contributed by atoms with Gasteiger partial charge in [-0.1, -0.05) is 12.1 Å². The number of amides is 1. The third-order valence-corrected chi connectivity index (χ3v) is 6.76. The molecule has 0 bridgehead atoms. The number of nitrogens with zero attached hydrogens (tertiary/aromatic N) is 1. The smallest absolute Gasteiger partial charge is 0.253 e.